The summed E-state index contributed by atoms with van der Waals surface area (Å²) in [6.45, 7) is 0.0109. The van der Waals surface area contributed by atoms with E-state index in [9.17, 15) is 9.59 Å². The van der Waals surface area contributed by atoms with Gasteiger partial charge in [-0.15, -0.1) is 0 Å². The predicted molar refractivity (Wildman–Crippen MR) is 150 cm³/mol. The molecular formula is C30H23BrO10. The summed E-state index contributed by atoms with van der Waals surface area (Å²) >= 11 is 3.42. The molecular weight excluding hydrogens is 600 g/mol. The Morgan fingerprint density at radius 2 is 1.39 bits per heavy atom. The summed E-state index contributed by atoms with van der Waals surface area (Å²) in [6, 6.07) is 12.0. The molecule has 10 nitrogen and oxygen atoms in total. The van der Waals surface area contributed by atoms with Gasteiger partial charge in [-0.1, -0.05) is 6.07 Å². The van der Waals surface area contributed by atoms with E-state index in [2.05, 4.69) is 15.9 Å². The first kappa shape index (κ1) is 26.6. The lowest BCUT2D eigenvalue weighted by molar-refractivity contribution is 0.0534. The molecule has 6 rings (SSSR count). The highest BCUT2D eigenvalue weighted by atomic mass is 79.9. The third kappa shape index (κ3) is 4.33. The number of cyclic esters (lactones) is 1. The first-order valence-corrected chi connectivity index (χ1v) is 13.1. The van der Waals surface area contributed by atoms with Crippen LogP contribution in [0.5, 0.6) is 40.2 Å². The van der Waals surface area contributed by atoms with Crippen LogP contribution < -0.4 is 33.2 Å². The van der Waals surface area contributed by atoms with Gasteiger partial charge in [0.05, 0.1) is 39.6 Å². The molecule has 0 saturated carbocycles. The van der Waals surface area contributed by atoms with Crippen LogP contribution in [0.25, 0.3) is 21.9 Å². The maximum absolute atomic E-state index is 13.6. The SMILES string of the molecule is COc1cc(Br)c(C(=O)Oc2c3c(c(-c4ccc5c(c4)OCO5)c4cc(OC)c(OC)cc24)C(=O)OC3)cc1OC. The zero-order valence-electron chi connectivity index (χ0n) is 22.4. The normalized spacial score (nSPS) is 13.0. The molecule has 0 aliphatic carbocycles. The molecule has 0 atom stereocenters. The molecule has 2 aliphatic heterocycles. The number of methoxy groups -OCH3 is 4. The number of carbonyl (C=O) groups is 2. The summed E-state index contributed by atoms with van der Waals surface area (Å²) < 4.78 is 44.9. The van der Waals surface area contributed by atoms with Crippen LogP contribution in [0.4, 0.5) is 0 Å². The van der Waals surface area contributed by atoms with Crippen molar-refractivity contribution in [2.75, 3.05) is 35.2 Å². The van der Waals surface area contributed by atoms with E-state index in [1.54, 1.807) is 30.3 Å². The Labute approximate surface area is 242 Å². The molecule has 11 heteroatoms. The van der Waals surface area contributed by atoms with Crippen molar-refractivity contribution in [1.29, 1.82) is 0 Å². The summed E-state index contributed by atoms with van der Waals surface area (Å²) in [5, 5.41) is 1.09. The molecule has 210 valence electrons. The van der Waals surface area contributed by atoms with E-state index in [1.807, 2.05) is 6.07 Å². The van der Waals surface area contributed by atoms with Crippen LogP contribution >= 0.6 is 15.9 Å². The lowest BCUT2D eigenvalue weighted by Crippen LogP contribution is -2.12. The second-order valence-electron chi connectivity index (χ2n) is 9.03. The Hall–Kier alpha value is -4.64. The molecule has 0 spiro atoms. The molecule has 0 N–H and O–H groups in total. The van der Waals surface area contributed by atoms with Crippen molar-refractivity contribution in [3.63, 3.8) is 0 Å². The average Bonchev–Trinajstić information content (AvgIpc) is 3.62. The second kappa shape index (κ2) is 10.4. The minimum absolute atomic E-state index is 0.0915. The van der Waals surface area contributed by atoms with Gasteiger partial charge in [0.2, 0.25) is 6.79 Å². The largest absolute Gasteiger partial charge is 0.493 e. The van der Waals surface area contributed by atoms with Crippen molar-refractivity contribution in [3.05, 3.63) is 63.6 Å². The van der Waals surface area contributed by atoms with Crippen molar-refractivity contribution in [2.45, 2.75) is 6.61 Å². The third-order valence-electron chi connectivity index (χ3n) is 6.96. The number of carbonyl (C=O) groups excluding carboxylic acids is 2. The third-order valence-corrected chi connectivity index (χ3v) is 7.62. The molecule has 0 radical (unpaired) electrons. The van der Waals surface area contributed by atoms with Gasteiger partial charge in [0.15, 0.2) is 34.5 Å². The van der Waals surface area contributed by atoms with E-state index in [-0.39, 0.29) is 30.3 Å². The van der Waals surface area contributed by atoms with Gasteiger partial charge in [-0.3, -0.25) is 0 Å². The van der Waals surface area contributed by atoms with Gasteiger partial charge >= 0.3 is 11.9 Å². The number of fused-ring (bicyclic) bond motifs is 3. The zero-order valence-corrected chi connectivity index (χ0v) is 24.0. The van der Waals surface area contributed by atoms with Crippen LogP contribution in [0.2, 0.25) is 0 Å². The van der Waals surface area contributed by atoms with Crippen LogP contribution in [-0.4, -0.2) is 47.2 Å². The van der Waals surface area contributed by atoms with E-state index in [0.717, 1.165) is 0 Å². The second-order valence-corrected chi connectivity index (χ2v) is 9.89. The number of benzene rings is 4. The van der Waals surface area contributed by atoms with Crippen LogP contribution in [0.15, 0.2) is 46.9 Å². The van der Waals surface area contributed by atoms with E-state index >= 15 is 0 Å². The van der Waals surface area contributed by atoms with Gasteiger partial charge in [0.1, 0.15) is 12.4 Å². The van der Waals surface area contributed by atoms with E-state index in [4.69, 9.17) is 37.9 Å². The number of halogens is 1. The van der Waals surface area contributed by atoms with Crippen molar-refractivity contribution in [1.82, 2.24) is 0 Å². The standard InChI is InChI=1S/C30H23BrO10/c1-34-21-8-15-16(9-22(21)35-2)28(41-29(32)17-10-23(36-3)24(37-4)11-19(17)31)18-12-38-30(33)27(18)26(15)14-5-6-20-25(7-14)40-13-39-20/h5-11H,12-13H2,1-4H3. The van der Waals surface area contributed by atoms with Crippen molar-refractivity contribution < 1.29 is 47.5 Å². The van der Waals surface area contributed by atoms with Crippen molar-refractivity contribution >= 4 is 38.6 Å². The number of hydrogen-bond acceptors (Lipinski definition) is 10. The molecule has 0 unspecified atom stereocenters. The summed E-state index contributed by atoms with van der Waals surface area (Å²) in [7, 11) is 5.99. The highest BCUT2D eigenvalue weighted by Crippen LogP contribution is 2.49. The van der Waals surface area contributed by atoms with Crippen LogP contribution in [0.1, 0.15) is 26.3 Å². The topological polar surface area (TPSA) is 108 Å². The summed E-state index contributed by atoms with van der Waals surface area (Å²) in [5.41, 5.74) is 2.14. The molecule has 4 aromatic rings. The molecule has 2 heterocycles. The molecule has 0 amide bonds. The Kier molecular flexibility index (Phi) is 6.74. The minimum Gasteiger partial charge on any atom is -0.493 e. The quantitative estimate of drug-likeness (QED) is 0.182. The monoisotopic (exact) mass is 622 g/mol. The molecule has 0 fully saturated rings. The summed E-state index contributed by atoms with van der Waals surface area (Å²) in [6.07, 6.45) is 0. The minimum atomic E-state index is -0.689. The Morgan fingerprint density at radius 3 is 2.10 bits per heavy atom. The summed E-state index contributed by atoms with van der Waals surface area (Å²) in [4.78, 5) is 26.8. The summed E-state index contributed by atoms with van der Waals surface area (Å²) in [5.74, 6) is 1.69. The number of rotatable bonds is 7. The lowest BCUT2D eigenvalue weighted by Gasteiger charge is -2.19. The Morgan fingerprint density at radius 1 is 0.756 bits per heavy atom. The fraction of sp³-hybridized carbons (Fsp3) is 0.200. The Bertz CT molecular complexity index is 1750. The number of esters is 2. The molecule has 0 saturated heterocycles. The van der Waals surface area contributed by atoms with Gasteiger partial charge in [-0.25, -0.2) is 9.59 Å². The molecule has 41 heavy (non-hydrogen) atoms. The number of ether oxygens (including phenoxy) is 8. The number of hydrogen-bond donors (Lipinski definition) is 0. The highest BCUT2D eigenvalue weighted by Gasteiger charge is 2.34. The van der Waals surface area contributed by atoms with Gasteiger partial charge in [-0.2, -0.15) is 0 Å². The van der Waals surface area contributed by atoms with Crippen molar-refractivity contribution in [2.24, 2.45) is 0 Å². The Balaban J connectivity index is 1.60. The van der Waals surface area contributed by atoms with Crippen molar-refractivity contribution in [3.8, 4) is 51.4 Å². The van der Waals surface area contributed by atoms with Crippen LogP contribution in [0, 0.1) is 0 Å². The predicted octanol–water partition coefficient (Wildman–Crippen LogP) is 5.92. The molecule has 2 aliphatic rings. The maximum Gasteiger partial charge on any atom is 0.344 e. The van der Waals surface area contributed by atoms with Gasteiger partial charge < -0.3 is 37.9 Å². The zero-order chi connectivity index (χ0) is 28.8. The highest BCUT2D eigenvalue weighted by molar-refractivity contribution is 9.10. The first-order chi connectivity index (χ1) is 19.9. The fourth-order valence-electron chi connectivity index (χ4n) is 5.03. The van der Waals surface area contributed by atoms with Gasteiger partial charge in [0.25, 0.3) is 0 Å². The molecule has 4 aromatic carbocycles. The van der Waals surface area contributed by atoms with E-state index in [1.165, 1.54) is 34.5 Å². The fourth-order valence-corrected chi connectivity index (χ4v) is 5.52. The smallest absolute Gasteiger partial charge is 0.344 e. The molecule has 0 aromatic heterocycles. The van der Waals surface area contributed by atoms with Gasteiger partial charge in [-0.05, 0) is 63.3 Å². The molecule has 0 bridgehead atoms. The average molecular weight is 623 g/mol. The maximum atomic E-state index is 13.6. The first-order valence-electron chi connectivity index (χ1n) is 12.3. The van der Waals surface area contributed by atoms with Crippen LogP contribution in [-0.2, 0) is 11.3 Å². The van der Waals surface area contributed by atoms with E-state index in [0.29, 0.717) is 66.4 Å². The van der Waals surface area contributed by atoms with Crippen LogP contribution in [0.3, 0.4) is 0 Å². The lowest BCUT2D eigenvalue weighted by atomic mass is 9.89. The van der Waals surface area contributed by atoms with Gasteiger partial charge in [0, 0.05) is 21.0 Å². The van der Waals surface area contributed by atoms with E-state index < -0.39 is 11.9 Å².